The summed E-state index contributed by atoms with van der Waals surface area (Å²) in [6.45, 7) is 5.50. The molecular formula is C13H24N2O3. The molecule has 1 fully saturated rings. The summed E-state index contributed by atoms with van der Waals surface area (Å²) in [6, 6.07) is 0.406. The van der Waals surface area contributed by atoms with Gasteiger partial charge in [0.2, 0.25) is 5.91 Å². The Kier molecular flexibility index (Phi) is 5.14. The van der Waals surface area contributed by atoms with Gasteiger partial charge in [0.05, 0.1) is 0 Å². The number of hydrogen-bond donors (Lipinski definition) is 1. The highest BCUT2D eigenvalue weighted by Gasteiger charge is 2.33. The number of carboxylic acid groups (broad SMARTS) is 1. The first kappa shape index (κ1) is 15.0. The number of amides is 1. The zero-order valence-corrected chi connectivity index (χ0v) is 11.7. The van der Waals surface area contributed by atoms with Gasteiger partial charge >= 0.3 is 5.97 Å². The average molecular weight is 256 g/mol. The lowest BCUT2D eigenvalue weighted by molar-refractivity contribution is -0.138. The van der Waals surface area contributed by atoms with Crippen molar-refractivity contribution in [1.82, 2.24) is 9.80 Å². The van der Waals surface area contributed by atoms with Crippen LogP contribution in [0.4, 0.5) is 0 Å². The van der Waals surface area contributed by atoms with E-state index in [1.807, 2.05) is 25.9 Å². The highest BCUT2D eigenvalue weighted by molar-refractivity contribution is 5.77. The molecule has 5 nitrogen and oxygen atoms in total. The van der Waals surface area contributed by atoms with Crippen LogP contribution in [-0.4, -0.2) is 60.0 Å². The number of carbonyl (C=O) groups excluding carboxylic acids is 1. The Hall–Kier alpha value is -1.10. The first-order valence-corrected chi connectivity index (χ1v) is 6.47. The number of likely N-dealkylation sites (N-methyl/N-ethyl adjacent to an activating group) is 1. The fourth-order valence-corrected chi connectivity index (χ4v) is 2.62. The molecule has 104 valence electrons. The highest BCUT2D eigenvalue weighted by Crippen LogP contribution is 2.22. The minimum Gasteiger partial charge on any atom is -0.481 e. The van der Waals surface area contributed by atoms with Crippen LogP contribution in [0.15, 0.2) is 0 Å². The second kappa shape index (κ2) is 6.18. The van der Waals surface area contributed by atoms with Crippen LogP contribution >= 0.6 is 0 Å². The van der Waals surface area contributed by atoms with Crippen molar-refractivity contribution in [2.24, 2.45) is 11.8 Å². The van der Waals surface area contributed by atoms with Gasteiger partial charge in [-0.05, 0) is 25.9 Å². The van der Waals surface area contributed by atoms with Gasteiger partial charge in [0.25, 0.3) is 0 Å². The molecule has 0 aliphatic carbocycles. The number of rotatable bonds is 5. The molecule has 0 bridgehead atoms. The molecule has 0 aromatic rings. The number of likely N-dealkylation sites (tertiary alicyclic amines) is 1. The fraction of sp³-hybridized carbons (Fsp3) is 0.846. The topological polar surface area (TPSA) is 60.9 Å². The number of aliphatic carboxylic acids is 1. The summed E-state index contributed by atoms with van der Waals surface area (Å²) in [4.78, 5) is 26.7. The van der Waals surface area contributed by atoms with Gasteiger partial charge in [0.15, 0.2) is 0 Å². The van der Waals surface area contributed by atoms with Crippen molar-refractivity contribution in [3.8, 4) is 0 Å². The van der Waals surface area contributed by atoms with Crippen molar-refractivity contribution in [2.45, 2.75) is 32.7 Å². The van der Waals surface area contributed by atoms with Crippen LogP contribution in [0.5, 0.6) is 0 Å². The summed E-state index contributed by atoms with van der Waals surface area (Å²) in [5.74, 6) is -0.376. The van der Waals surface area contributed by atoms with Crippen LogP contribution in [0.2, 0.25) is 0 Å². The average Bonchev–Trinajstić information content (AvgIpc) is 2.58. The van der Waals surface area contributed by atoms with Gasteiger partial charge in [0.1, 0.15) is 0 Å². The van der Waals surface area contributed by atoms with Gasteiger partial charge in [0, 0.05) is 32.0 Å². The Bertz CT molecular complexity index is 317. The Labute approximate surface area is 109 Å². The molecule has 1 aliphatic heterocycles. The Balaban J connectivity index is 2.47. The standard InChI is InChI=1S/C13H24N2O3/c1-9(6-13(17)18)5-12(16)15-7-10(2)11(8-15)14(3)4/h9-11H,5-8H2,1-4H3,(H,17,18). The lowest BCUT2D eigenvalue weighted by Crippen LogP contribution is -2.36. The van der Waals surface area contributed by atoms with Gasteiger partial charge in [-0.15, -0.1) is 0 Å². The molecule has 18 heavy (non-hydrogen) atoms. The fourth-order valence-electron chi connectivity index (χ4n) is 2.62. The summed E-state index contributed by atoms with van der Waals surface area (Å²) in [5, 5.41) is 8.69. The van der Waals surface area contributed by atoms with Crippen molar-refractivity contribution in [2.75, 3.05) is 27.2 Å². The highest BCUT2D eigenvalue weighted by atomic mass is 16.4. The van der Waals surface area contributed by atoms with E-state index in [4.69, 9.17) is 5.11 Å². The van der Waals surface area contributed by atoms with Gasteiger partial charge in [-0.1, -0.05) is 13.8 Å². The normalized spacial score (nSPS) is 25.5. The van der Waals surface area contributed by atoms with E-state index in [0.717, 1.165) is 13.1 Å². The second-order valence-electron chi connectivity index (χ2n) is 5.71. The molecule has 0 saturated carbocycles. The van der Waals surface area contributed by atoms with Gasteiger partial charge in [-0.3, -0.25) is 9.59 Å². The summed E-state index contributed by atoms with van der Waals surface area (Å²) in [7, 11) is 4.06. The van der Waals surface area contributed by atoms with Crippen molar-refractivity contribution in [3.63, 3.8) is 0 Å². The third-order valence-corrected chi connectivity index (χ3v) is 3.63. The first-order chi connectivity index (χ1) is 8.31. The van der Waals surface area contributed by atoms with Gasteiger partial charge in [-0.2, -0.15) is 0 Å². The minimum atomic E-state index is -0.837. The monoisotopic (exact) mass is 256 g/mol. The molecule has 3 unspecified atom stereocenters. The maximum atomic E-state index is 12.1. The van der Waals surface area contributed by atoms with Crippen molar-refractivity contribution in [3.05, 3.63) is 0 Å². The molecule has 1 rings (SSSR count). The third-order valence-electron chi connectivity index (χ3n) is 3.63. The molecule has 5 heteroatoms. The summed E-state index contributed by atoms with van der Waals surface area (Å²) in [5.41, 5.74) is 0. The summed E-state index contributed by atoms with van der Waals surface area (Å²) in [6.07, 6.45) is 0.394. The smallest absolute Gasteiger partial charge is 0.303 e. The van der Waals surface area contributed by atoms with E-state index in [1.165, 1.54) is 0 Å². The quantitative estimate of drug-likeness (QED) is 0.794. The van der Waals surface area contributed by atoms with Crippen LogP contribution in [0.1, 0.15) is 26.7 Å². The maximum absolute atomic E-state index is 12.1. The maximum Gasteiger partial charge on any atom is 0.303 e. The lowest BCUT2D eigenvalue weighted by atomic mass is 10.0. The molecule has 1 N–H and O–H groups in total. The molecule has 0 radical (unpaired) electrons. The molecule has 1 aliphatic rings. The van der Waals surface area contributed by atoms with Crippen molar-refractivity contribution >= 4 is 11.9 Å². The molecule has 0 spiro atoms. The van der Waals surface area contributed by atoms with E-state index >= 15 is 0 Å². The number of nitrogens with zero attached hydrogens (tertiary/aromatic N) is 2. The van der Waals surface area contributed by atoms with E-state index in [2.05, 4.69) is 11.8 Å². The molecule has 1 heterocycles. The van der Waals surface area contributed by atoms with Gasteiger partial charge in [-0.25, -0.2) is 0 Å². The van der Waals surface area contributed by atoms with Crippen LogP contribution < -0.4 is 0 Å². The lowest BCUT2D eigenvalue weighted by Gasteiger charge is -2.22. The first-order valence-electron chi connectivity index (χ1n) is 6.47. The molecule has 1 saturated heterocycles. The van der Waals surface area contributed by atoms with Crippen LogP contribution in [0.25, 0.3) is 0 Å². The minimum absolute atomic E-state index is 0.0617. The second-order valence-corrected chi connectivity index (χ2v) is 5.71. The van der Waals surface area contributed by atoms with E-state index < -0.39 is 5.97 Å². The van der Waals surface area contributed by atoms with E-state index in [9.17, 15) is 9.59 Å². The molecular weight excluding hydrogens is 232 g/mol. The van der Waals surface area contributed by atoms with E-state index in [0.29, 0.717) is 18.4 Å². The number of hydrogen-bond acceptors (Lipinski definition) is 3. The van der Waals surface area contributed by atoms with E-state index in [-0.39, 0.29) is 18.2 Å². The molecule has 0 aromatic carbocycles. The SMILES string of the molecule is CC(CC(=O)O)CC(=O)N1CC(C)C(N(C)C)C1. The predicted octanol–water partition coefficient (Wildman–Crippen LogP) is 0.896. The third kappa shape index (κ3) is 3.98. The van der Waals surface area contributed by atoms with Crippen molar-refractivity contribution in [1.29, 1.82) is 0 Å². The van der Waals surface area contributed by atoms with Crippen molar-refractivity contribution < 1.29 is 14.7 Å². The van der Waals surface area contributed by atoms with Crippen LogP contribution in [0, 0.1) is 11.8 Å². The Morgan fingerprint density at radius 2 is 1.94 bits per heavy atom. The molecule has 1 amide bonds. The zero-order valence-electron chi connectivity index (χ0n) is 11.7. The molecule has 0 aromatic heterocycles. The number of carbonyl (C=O) groups is 2. The molecule has 3 atom stereocenters. The summed E-state index contributed by atoms with van der Waals surface area (Å²) >= 11 is 0. The largest absolute Gasteiger partial charge is 0.481 e. The van der Waals surface area contributed by atoms with Crippen LogP contribution in [-0.2, 0) is 9.59 Å². The summed E-state index contributed by atoms with van der Waals surface area (Å²) < 4.78 is 0. The van der Waals surface area contributed by atoms with E-state index in [1.54, 1.807) is 0 Å². The zero-order chi connectivity index (χ0) is 13.9. The Morgan fingerprint density at radius 1 is 1.33 bits per heavy atom. The number of carboxylic acids is 1. The van der Waals surface area contributed by atoms with Gasteiger partial charge < -0.3 is 14.9 Å². The predicted molar refractivity (Wildman–Crippen MR) is 69.3 cm³/mol. The Morgan fingerprint density at radius 3 is 2.39 bits per heavy atom. The van der Waals surface area contributed by atoms with Crippen LogP contribution in [0.3, 0.4) is 0 Å².